The minimum atomic E-state index is 0.250. The van der Waals surface area contributed by atoms with Crippen molar-refractivity contribution in [3.05, 3.63) is 0 Å². The fraction of sp³-hybridized carbons (Fsp3) is 1.00. The van der Waals surface area contributed by atoms with Crippen LogP contribution in [0.4, 0.5) is 0 Å². The van der Waals surface area contributed by atoms with E-state index in [9.17, 15) is 0 Å². The van der Waals surface area contributed by atoms with Crippen LogP contribution < -0.4 is 0 Å². The van der Waals surface area contributed by atoms with E-state index in [1.54, 1.807) is 0 Å². The molecule has 1 saturated heterocycles. The monoisotopic (exact) mass is 102 g/mol. The highest BCUT2D eigenvalue weighted by atomic mass is 17.2. The molecule has 0 spiro atoms. The van der Waals surface area contributed by atoms with Gasteiger partial charge in [0.25, 0.3) is 0 Å². The molecule has 0 aromatic heterocycles. The molecule has 7 heavy (non-hydrogen) atoms. The zero-order valence-corrected chi connectivity index (χ0v) is 4.73. The van der Waals surface area contributed by atoms with Crippen molar-refractivity contribution in [2.24, 2.45) is 5.41 Å². The Hall–Kier alpha value is -0.0800. The van der Waals surface area contributed by atoms with Gasteiger partial charge in [-0.3, -0.25) is 0 Å². The van der Waals surface area contributed by atoms with Gasteiger partial charge in [0, 0.05) is 5.41 Å². The van der Waals surface area contributed by atoms with Crippen LogP contribution in [0.25, 0.3) is 0 Å². The zero-order valence-electron chi connectivity index (χ0n) is 4.73. The molecule has 0 saturated carbocycles. The molecule has 0 N–H and O–H groups in total. The maximum absolute atomic E-state index is 4.66. The summed E-state index contributed by atoms with van der Waals surface area (Å²) in [7, 11) is 0. The molecule has 1 aliphatic heterocycles. The predicted molar refractivity (Wildman–Crippen MR) is 25.7 cm³/mol. The first-order valence-electron chi connectivity index (χ1n) is 2.45. The van der Waals surface area contributed by atoms with Gasteiger partial charge in [0.1, 0.15) is 0 Å². The lowest BCUT2D eigenvalue weighted by atomic mass is 9.98. The van der Waals surface area contributed by atoms with E-state index in [0.29, 0.717) is 0 Å². The highest BCUT2D eigenvalue weighted by Crippen LogP contribution is 2.21. The molecule has 1 fully saturated rings. The Labute approximate surface area is 43.3 Å². The molecular weight excluding hydrogens is 92.1 g/mol. The Morgan fingerprint density at radius 2 is 1.57 bits per heavy atom. The first kappa shape index (κ1) is 5.06. The van der Waals surface area contributed by atoms with E-state index in [2.05, 4.69) is 23.6 Å². The summed E-state index contributed by atoms with van der Waals surface area (Å²) in [5.74, 6) is 0. The van der Waals surface area contributed by atoms with Gasteiger partial charge in [-0.2, -0.15) is 0 Å². The van der Waals surface area contributed by atoms with Crippen LogP contribution in [0.2, 0.25) is 0 Å². The fourth-order valence-electron chi connectivity index (χ4n) is 0.444. The summed E-state index contributed by atoms with van der Waals surface area (Å²) < 4.78 is 0. The zero-order chi connectivity index (χ0) is 5.33. The molecule has 1 rings (SSSR count). The standard InChI is InChI=1S/C5H10O2/c1-5(2)3-6-7-4-5/h3-4H2,1-2H3. The van der Waals surface area contributed by atoms with E-state index in [1.165, 1.54) is 0 Å². The Balaban J connectivity index is 2.40. The molecule has 0 aliphatic carbocycles. The van der Waals surface area contributed by atoms with E-state index >= 15 is 0 Å². The van der Waals surface area contributed by atoms with Crippen LogP contribution in [0, 0.1) is 5.41 Å². The molecule has 0 aromatic rings. The Morgan fingerprint density at radius 3 is 1.71 bits per heavy atom. The van der Waals surface area contributed by atoms with Crippen molar-refractivity contribution in [3.8, 4) is 0 Å². The molecule has 0 radical (unpaired) electrons. The van der Waals surface area contributed by atoms with Gasteiger partial charge in [-0.05, 0) is 0 Å². The molecule has 0 atom stereocenters. The van der Waals surface area contributed by atoms with Gasteiger partial charge in [0.2, 0.25) is 0 Å². The predicted octanol–water partition coefficient (Wildman–Crippen LogP) is 0.974. The summed E-state index contributed by atoms with van der Waals surface area (Å²) >= 11 is 0. The molecule has 0 unspecified atom stereocenters. The van der Waals surface area contributed by atoms with Crippen LogP contribution in [-0.4, -0.2) is 13.2 Å². The van der Waals surface area contributed by atoms with Crippen molar-refractivity contribution in [2.45, 2.75) is 13.8 Å². The van der Waals surface area contributed by atoms with Crippen LogP contribution in [-0.2, 0) is 9.78 Å². The Morgan fingerprint density at radius 1 is 1.14 bits per heavy atom. The van der Waals surface area contributed by atoms with Gasteiger partial charge in [-0.15, -0.1) is 0 Å². The average Bonchev–Trinajstić information content (AvgIpc) is 1.84. The number of hydrogen-bond acceptors (Lipinski definition) is 2. The topological polar surface area (TPSA) is 18.5 Å². The second kappa shape index (κ2) is 1.46. The van der Waals surface area contributed by atoms with Gasteiger partial charge in [-0.1, -0.05) is 13.8 Å². The molecule has 42 valence electrons. The summed E-state index contributed by atoms with van der Waals surface area (Å²) in [5.41, 5.74) is 0.250. The van der Waals surface area contributed by atoms with E-state index in [-0.39, 0.29) is 5.41 Å². The van der Waals surface area contributed by atoms with E-state index in [0.717, 1.165) is 13.2 Å². The summed E-state index contributed by atoms with van der Waals surface area (Å²) in [5, 5.41) is 0. The van der Waals surface area contributed by atoms with Crippen molar-refractivity contribution in [1.82, 2.24) is 0 Å². The van der Waals surface area contributed by atoms with Gasteiger partial charge in [0.05, 0.1) is 13.2 Å². The SMILES string of the molecule is CC1(C)COOC1. The molecule has 2 nitrogen and oxygen atoms in total. The third-order valence-electron chi connectivity index (χ3n) is 0.983. The normalized spacial score (nSPS) is 28.3. The van der Waals surface area contributed by atoms with Crippen molar-refractivity contribution in [2.75, 3.05) is 13.2 Å². The van der Waals surface area contributed by atoms with E-state index in [1.807, 2.05) is 0 Å². The first-order valence-corrected chi connectivity index (χ1v) is 2.45. The second-order valence-electron chi connectivity index (χ2n) is 2.69. The van der Waals surface area contributed by atoms with Crippen LogP contribution in [0.15, 0.2) is 0 Å². The fourth-order valence-corrected chi connectivity index (χ4v) is 0.444. The van der Waals surface area contributed by atoms with Crippen molar-refractivity contribution < 1.29 is 9.78 Å². The third kappa shape index (κ3) is 1.14. The highest BCUT2D eigenvalue weighted by Gasteiger charge is 2.25. The van der Waals surface area contributed by atoms with Gasteiger partial charge in [0.15, 0.2) is 0 Å². The van der Waals surface area contributed by atoms with E-state index < -0.39 is 0 Å². The number of rotatable bonds is 0. The Bertz CT molecular complexity index is 60.5. The Kier molecular flexibility index (Phi) is 1.05. The third-order valence-corrected chi connectivity index (χ3v) is 0.983. The molecule has 0 aromatic carbocycles. The van der Waals surface area contributed by atoms with Crippen LogP contribution >= 0.6 is 0 Å². The summed E-state index contributed by atoms with van der Waals surface area (Å²) in [4.78, 5) is 9.32. The molecule has 1 aliphatic rings. The van der Waals surface area contributed by atoms with Crippen LogP contribution in [0.5, 0.6) is 0 Å². The minimum absolute atomic E-state index is 0.250. The van der Waals surface area contributed by atoms with Gasteiger partial charge in [-0.25, -0.2) is 9.78 Å². The summed E-state index contributed by atoms with van der Waals surface area (Å²) in [6.07, 6.45) is 0. The van der Waals surface area contributed by atoms with Crippen LogP contribution in [0.1, 0.15) is 13.8 Å². The maximum Gasteiger partial charge on any atom is 0.0896 e. The summed E-state index contributed by atoms with van der Waals surface area (Å²) in [6, 6.07) is 0. The second-order valence-corrected chi connectivity index (χ2v) is 2.69. The molecule has 1 heterocycles. The minimum Gasteiger partial charge on any atom is -0.236 e. The molecule has 0 bridgehead atoms. The smallest absolute Gasteiger partial charge is 0.0896 e. The van der Waals surface area contributed by atoms with Crippen molar-refractivity contribution in [1.29, 1.82) is 0 Å². The lowest BCUT2D eigenvalue weighted by molar-refractivity contribution is -0.248. The highest BCUT2D eigenvalue weighted by molar-refractivity contribution is 4.67. The largest absolute Gasteiger partial charge is 0.236 e. The van der Waals surface area contributed by atoms with Gasteiger partial charge < -0.3 is 0 Å². The van der Waals surface area contributed by atoms with Gasteiger partial charge >= 0.3 is 0 Å². The lowest BCUT2D eigenvalue weighted by Crippen LogP contribution is -2.13. The summed E-state index contributed by atoms with van der Waals surface area (Å²) in [6.45, 7) is 5.68. The quantitative estimate of drug-likeness (QED) is 0.424. The molecular formula is C5H10O2. The van der Waals surface area contributed by atoms with Crippen molar-refractivity contribution in [3.63, 3.8) is 0 Å². The maximum atomic E-state index is 4.66. The van der Waals surface area contributed by atoms with Crippen LogP contribution in [0.3, 0.4) is 0 Å². The molecule has 2 heteroatoms. The first-order chi connectivity index (χ1) is 3.21. The molecule has 0 amide bonds. The van der Waals surface area contributed by atoms with E-state index in [4.69, 9.17) is 0 Å². The van der Waals surface area contributed by atoms with Crippen molar-refractivity contribution >= 4 is 0 Å². The average molecular weight is 102 g/mol. The number of hydrogen-bond donors (Lipinski definition) is 0. The lowest BCUT2D eigenvalue weighted by Gasteiger charge is -2.07.